The van der Waals surface area contributed by atoms with Gasteiger partial charge in [0.1, 0.15) is 11.4 Å². The number of nitro groups is 1. The van der Waals surface area contributed by atoms with Gasteiger partial charge in [0.2, 0.25) is 5.75 Å². The van der Waals surface area contributed by atoms with Crippen LogP contribution in [-0.2, 0) is 33.8 Å². The summed E-state index contributed by atoms with van der Waals surface area (Å²) in [6.07, 6.45) is 1.02. The molecular formula is C24H29N5O7S. The Bertz CT molecular complexity index is 1410. The molecule has 3 rings (SSSR count). The third-order valence-electron chi connectivity index (χ3n) is 5.02. The van der Waals surface area contributed by atoms with Crippen molar-refractivity contribution in [2.24, 2.45) is 7.05 Å². The van der Waals surface area contributed by atoms with E-state index in [1.54, 1.807) is 56.9 Å². The second-order valence-electron chi connectivity index (χ2n) is 9.31. The average Bonchev–Trinajstić information content (AvgIpc) is 3.21. The molecule has 0 fully saturated rings. The van der Waals surface area contributed by atoms with Crippen LogP contribution in [0.25, 0.3) is 11.3 Å². The summed E-state index contributed by atoms with van der Waals surface area (Å²) in [6.45, 7) is 5.17. The smallest absolute Gasteiger partial charge is 0.413 e. The maximum absolute atomic E-state index is 12.9. The maximum atomic E-state index is 12.9. The molecular weight excluding hydrogens is 502 g/mol. The van der Waals surface area contributed by atoms with Crippen molar-refractivity contribution < 1.29 is 27.6 Å². The molecule has 1 amide bonds. The van der Waals surface area contributed by atoms with E-state index in [2.05, 4.69) is 15.4 Å². The van der Waals surface area contributed by atoms with Gasteiger partial charge in [0, 0.05) is 19.3 Å². The van der Waals surface area contributed by atoms with Crippen molar-refractivity contribution in [2.45, 2.75) is 38.5 Å². The molecule has 0 radical (unpaired) electrons. The molecule has 12 nitrogen and oxygen atoms in total. The van der Waals surface area contributed by atoms with Gasteiger partial charge in [-0.15, -0.1) is 0 Å². The van der Waals surface area contributed by atoms with Crippen LogP contribution in [0.4, 0.5) is 16.3 Å². The van der Waals surface area contributed by atoms with Crippen molar-refractivity contribution in [3.63, 3.8) is 0 Å². The van der Waals surface area contributed by atoms with E-state index in [4.69, 9.17) is 9.47 Å². The Labute approximate surface area is 214 Å². The number of methoxy groups -OCH3 is 1. The fraction of sp³-hybridized carbons (Fsp3) is 0.375. The first-order valence-corrected chi connectivity index (χ1v) is 13.1. The number of nitrogens with zero attached hydrogens (tertiary/aromatic N) is 4. The van der Waals surface area contributed by atoms with Gasteiger partial charge in [0.05, 0.1) is 40.5 Å². The lowest BCUT2D eigenvalue weighted by molar-refractivity contribution is -0.385. The standard InChI is InChI=1S/C24H29N5O7S/c1-24(2,3)36-23(30)26-21-8-6-7-17(25-21)15-37(33,34)12-10-16-13-18(19-9-11-28(4)27-19)22(35-5)20(14-16)29(31)32/h6-9,11,13-14H,10,12,15H2,1-5H3,(H,25,26,30). The Balaban J connectivity index is 1.77. The first-order valence-electron chi connectivity index (χ1n) is 11.3. The van der Waals surface area contributed by atoms with Crippen LogP contribution in [-0.4, -0.2) is 52.7 Å². The molecule has 1 aromatic carbocycles. The van der Waals surface area contributed by atoms with Gasteiger partial charge in [0.25, 0.3) is 0 Å². The van der Waals surface area contributed by atoms with Gasteiger partial charge in [-0.1, -0.05) is 6.07 Å². The number of carbonyl (C=O) groups excluding carboxylic acids is 1. The molecule has 13 heteroatoms. The van der Waals surface area contributed by atoms with E-state index in [1.165, 1.54) is 25.3 Å². The van der Waals surface area contributed by atoms with Crippen molar-refractivity contribution in [1.29, 1.82) is 0 Å². The molecule has 2 aromatic heterocycles. The molecule has 0 aliphatic rings. The fourth-order valence-electron chi connectivity index (χ4n) is 3.52. The van der Waals surface area contributed by atoms with Crippen LogP contribution in [0.3, 0.4) is 0 Å². The van der Waals surface area contributed by atoms with Gasteiger partial charge in [0.15, 0.2) is 9.84 Å². The fourth-order valence-corrected chi connectivity index (χ4v) is 4.83. The Hall–Kier alpha value is -4.00. The summed E-state index contributed by atoms with van der Waals surface area (Å²) in [7, 11) is -0.610. The highest BCUT2D eigenvalue weighted by atomic mass is 32.2. The molecule has 3 aromatic rings. The maximum Gasteiger partial charge on any atom is 0.413 e. The summed E-state index contributed by atoms with van der Waals surface area (Å²) >= 11 is 0. The first-order chi connectivity index (χ1) is 17.3. The van der Waals surface area contributed by atoms with Gasteiger partial charge in [-0.2, -0.15) is 5.10 Å². The van der Waals surface area contributed by atoms with Crippen molar-refractivity contribution in [2.75, 3.05) is 18.2 Å². The number of nitrogens with one attached hydrogen (secondary N) is 1. The molecule has 0 atom stereocenters. The lowest BCUT2D eigenvalue weighted by atomic mass is 10.0. The van der Waals surface area contributed by atoms with Gasteiger partial charge < -0.3 is 9.47 Å². The lowest BCUT2D eigenvalue weighted by Gasteiger charge is -2.19. The van der Waals surface area contributed by atoms with Gasteiger partial charge in [-0.3, -0.25) is 20.1 Å². The molecule has 37 heavy (non-hydrogen) atoms. The number of hydrogen-bond donors (Lipinski definition) is 1. The van der Waals surface area contributed by atoms with Crippen LogP contribution in [0, 0.1) is 10.1 Å². The highest BCUT2D eigenvalue weighted by Crippen LogP contribution is 2.38. The summed E-state index contributed by atoms with van der Waals surface area (Å²) in [4.78, 5) is 27.3. The average molecular weight is 532 g/mol. The normalized spacial score (nSPS) is 11.7. The highest BCUT2D eigenvalue weighted by Gasteiger charge is 2.24. The topological polar surface area (TPSA) is 156 Å². The number of anilines is 1. The monoisotopic (exact) mass is 531 g/mol. The number of pyridine rings is 1. The number of aromatic nitrogens is 3. The van der Waals surface area contributed by atoms with Gasteiger partial charge in [-0.25, -0.2) is 18.2 Å². The van der Waals surface area contributed by atoms with E-state index < -0.39 is 26.5 Å². The predicted octanol–water partition coefficient (Wildman–Crippen LogP) is 3.90. The number of carbonyl (C=O) groups is 1. The molecule has 0 unspecified atom stereocenters. The van der Waals surface area contributed by atoms with Gasteiger partial charge >= 0.3 is 11.8 Å². The van der Waals surface area contributed by atoms with Gasteiger partial charge in [-0.05, 0) is 57.0 Å². The molecule has 0 aliphatic carbocycles. The number of hydrogen-bond acceptors (Lipinski definition) is 9. The summed E-state index contributed by atoms with van der Waals surface area (Å²) < 4.78 is 37.8. The van der Waals surface area contributed by atoms with E-state index in [1.807, 2.05) is 0 Å². The molecule has 0 saturated heterocycles. The number of benzene rings is 1. The zero-order valence-electron chi connectivity index (χ0n) is 21.2. The first kappa shape index (κ1) is 27.6. The SMILES string of the molecule is COc1c(-c2ccn(C)n2)cc(CCS(=O)(=O)Cc2cccc(NC(=O)OC(C)(C)C)n2)cc1[N+](=O)[O-]. The van der Waals surface area contributed by atoms with Crippen LogP contribution in [0.1, 0.15) is 32.0 Å². The van der Waals surface area contributed by atoms with E-state index in [0.29, 0.717) is 16.8 Å². The molecule has 0 bridgehead atoms. The van der Waals surface area contributed by atoms with Crippen molar-refractivity contribution in [3.8, 4) is 17.0 Å². The highest BCUT2D eigenvalue weighted by molar-refractivity contribution is 7.90. The van der Waals surface area contributed by atoms with Crippen LogP contribution >= 0.6 is 0 Å². The summed E-state index contributed by atoms with van der Waals surface area (Å²) in [6, 6.07) is 9.28. The molecule has 0 saturated carbocycles. The van der Waals surface area contributed by atoms with E-state index in [9.17, 15) is 23.3 Å². The zero-order valence-corrected chi connectivity index (χ0v) is 22.0. The Morgan fingerprint density at radius 2 is 1.95 bits per heavy atom. The van der Waals surface area contributed by atoms with Crippen LogP contribution < -0.4 is 10.1 Å². The third-order valence-corrected chi connectivity index (χ3v) is 6.59. The van der Waals surface area contributed by atoms with Crippen LogP contribution in [0.15, 0.2) is 42.6 Å². The summed E-state index contributed by atoms with van der Waals surface area (Å²) in [5.74, 6) is -0.437. The second kappa shape index (κ2) is 10.9. The minimum Gasteiger partial charge on any atom is -0.490 e. The predicted molar refractivity (Wildman–Crippen MR) is 137 cm³/mol. The van der Waals surface area contributed by atoms with E-state index >= 15 is 0 Å². The summed E-state index contributed by atoms with van der Waals surface area (Å²) in [5.41, 5.74) is 0.574. The quantitative estimate of drug-likeness (QED) is 0.319. The Morgan fingerprint density at radius 3 is 2.54 bits per heavy atom. The largest absolute Gasteiger partial charge is 0.490 e. The zero-order chi connectivity index (χ0) is 27.4. The lowest BCUT2D eigenvalue weighted by Crippen LogP contribution is -2.27. The molecule has 0 aliphatic heterocycles. The van der Waals surface area contributed by atoms with Crippen molar-refractivity contribution in [1.82, 2.24) is 14.8 Å². The van der Waals surface area contributed by atoms with Crippen LogP contribution in [0.2, 0.25) is 0 Å². The number of sulfone groups is 1. The molecule has 0 spiro atoms. The van der Waals surface area contributed by atoms with Crippen molar-refractivity contribution in [3.05, 3.63) is 64.0 Å². The summed E-state index contributed by atoms with van der Waals surface area (Å²) in [5, 5.41) is 18.5. The number of nitro benzene ring substituents is 1. The molecule has 1 N–H and O–H groups in total. The minimum atomic E-state index is -3.66. The Morgan fingerprint density at radius 1 is 1.22 bits per heavy atom. The van der Waals surface area contributed by atoms with Crippen LogP contribution in [0.5, 0.6) is 5.75 Å². The molecule has 198 valence electrons. The van der Waals surface area contributed by atoms with E-state index in [-0.39, 0.29) is 40.9 Å². The molecule has 2 heterocycles. The van der Waals surface area contributed by atoms with Crippen molar-refractivity contribution >= 4 is 27.4 Å². The Kier molecular flexibility index (Phi) is 8.16. The number of amides is 1. The number of aryl methyl sites for hydroxylation is 2. The van der Waals surface area contributed by atoms with E-state index in [0.717, 1.165) is 0 Å². The number of ether oxygens (including phenoxy) is 2. The minimum absolute atomic E-state index is 0.0306. The third kappa shape index (κ3) is 7.74. The number of rotatable bonds is 9. The second-order valence-corrected chi connectivity index (χ2v) is 11.5.